The van der Waals surface area contributed by atoms with Gasteiger partial charge in [-0.05, 0) is 48.9 Å². The Morgan fingerprint density at radius 1 is 0.971 bits per heavy atom. The molecule has 35 heavy (non-hydrogen) atoms. The number of carbonyl (C=O) groups excluding carboxylic acids is 1. The first kappa shape index (κ1) is 22.0. The number of carbonyl (C=O) groups is 1. The number of aromatic nitrogens is 4. The van der Waals surface area contributed by atoms with E-state index < -0.39 is 17.0 Å². The van der Waals surface area contributed by atoms with Gasteiger partial charge in [-0.25, -0.2) is 9.48 Å². The van der Waals surface area contributed by atoms with Gasteiger partial charge in [0.25, 0.3) is 5.56 Å². The molecule has 0 amide bonds. The number of methoxy groups -OCH3 is 1. The number of ether oxygens (including phenoxy) is 2. The average molecular weight is 468 g/mol. The third-order valence-corrected chi connectivity index (χ3v) is 5.64. The van der Waals surface area contributed by atoms with Gasteiger partial charge in [0.05, 0.1) is 24.7 Å². The van der Waals surface area contributed by atoms with E-state index in [2.05, 4.69) is 15.3 Å². The summed E-state index contributed by atoms with van der Waals surface area (Å²) >= 11 is 0. The van der Waals surface area contributed by atoms with Gasteiger partial charge in [-0.2, -0.15) is 0 Å². The van der Waals surface area contributed by atoms with Crippen molar-refractivity contribution in [2.75, 3.05) is 7.11 Å². The molecule has 5 aromatic rings. The van der Waals surface area contributed by atoms with Crippen LogP contribution in [0.15, 0.2) is 76.3 Å². The van der Waals surface area contributed by atoms with Crippen molar-refractivity contribution in [1.29, 1.82) is 0 Å². The minimum absolute atomic E-state index is 0.0714. The van der Waals surface area contributed by atoms with Gasteiger partial charge in [-0.15, -0.1) is 5.10 Å². The van der Waals surface area contributed by atoms with Crippen LogP contribution >= 0.6 is 0 Å². The molecule has 0 saturated heterocycles. The van der Waals surface area contributed by atoms with Crippen molar-refractivity contribution in [3.05, 3.63) is 104 Å². The molecular formula is C26H20N4O5. The molecule has 2 heterocycles. The van der Waals surface area contributed by atoms with Crippen molar-refractivity contribution in [1.82, 2.24) is 20.0 Å². The van der Waals surface area contributed by atoms with Crippen molar-refractivity contribution in [2.45, 2.75) is 13.5 Å². The number of fused-ring (bicyclic) bond motifs is 2. The minimum Gasteiger partial charge on any atom is -0.497 e. The molecule has 0 fully saturated rings. The van der Waals surface area contributed by atoms with Crippen LogP contribution < -0.4 is 20.5 Å². The second-order valence-electron chi connectivity index (χ2n) is 8.04. The van der Waals surface area contributed by atoms with Crippen LogP contribution in [0.3, 0.4) is 0 Å². The number of hydrogen-bond acceptors (Lipinski definition) is 7. The van der Waals surface area contributed by atoms with E-state index in [4.69, 9.17) is 9.47 Å². The number of aryl methyl sites for hydroxylation is 1. The Bertz CT molecular complexity index is 1690. The number of rotatable bonds is 5. The van der Waals surface area contributed by atoms with Gasteiger partial charge in [0.2, 0.25) is 5.43 Å². The van der Waals surface area contributed by atoms with Gasteiger partial charge >= 0.3 is 5.97 Å². The molecule has 0 bridgehead atoms. The summed E-state index contributed by atoms with van der Waals surface area (Å²) in [6.07, 6.45) is 0. The number of H-pyrrole nitrogens is 1. The highest BCUT2D eigenvalue weighted by Crippen LogP contribution is 2.19. The molecule has 2 aromatic heterocycles. The molecule has 0 spiro atoms. The van der Waals surface area contributed by atoms with Crippen molar-refractivity contribution in [2.24, 2.45) is 0 Å². The maximum Gasteiger partial charge on any atom is 0.343 e. The summed E-state index contributed by atoms with van der Waals surface area (Å²) in [5, 5.41) is 8.22. The van der Waals surface area contributed by atoms with Crippen LogP contribution in [0.4, 0.5) is 0 Å². The van der Waals surface area contributed by atoms with E-state index in [1.807, 2.05) is 31.2 Å². The fourth-order valence-corrected chi connectivity index (χ4v) is 3.76. The fourth-order valence-electron chi connectivity index (χ4n) is 3.76. The Kier molecular flexibility index (Phi) is 5.58. The number of aromatic amines is 1. The normalized spacial score (nSPS) is 11.0. The van der Waals surface area contributed by atoms with E-state index in [0.29, 0.717) is 11.3 Å². The van der Waals surface area contributed by atoms with E-state index in [0.717, 1.165) is 11.1 Å². The molecule has 5 rings (SSSR count). The predicted molar refractivity (Wildman–Crippen MR) is 130 cm³/mol. The second-order valence-corrected chi connectivity index (χ2v) is 8.04. The maximum absolute atomic E-state index is 13.4. The lowest BCUT2D eigenvalue weighted by atomic mass is 10.1. The lowest BCUT2D eigenvalue weighted by Crippen LogP contribution is -2.10. The Hall–Kier alpha value is -4.79. The van der Waals surface area contributed by atoms with Crippen LogP contribution in [0.25, 0.3) is 21.9 Å². The summed E-state index contributed by atoms with van der Waals surface area (Å²) in [6.45, 7) is 2.16. The van der Waals surface area contributed by atoms with E-state index in [1.54, 1.807) is 31.4 Å². The third-order valence-electron chi connectivity index (χ3n) is 5.64. The van der Waals surface area contributed by atoms with Crippen molar-refractivity contribution < 1.29 is 14.3 Å². The van der Waals surface area contributed by atoms with E-state index in [-0.39, 0.29) is 34.2 Å². The summed E-state index contributed by atoms with van der Waals surface area (Å²) in [5.74, 6) is 0.354. The first-order valence-corrected chi connectivity index (χ1v) is 10.8. The van der Waals surface area contributed by atoms with Gasteiger partial charge < -0.3 is 14.5 Å². The molecular weight excluding hydrogens is 448 g/mol. The number of nitrogens with one attached hydrogen (secondary N) is 1. The standard InChI is InChI=1S/C26H20N4O5/c1-15-3-7-17(8-4-15)26(33)35-19-11-12-20-21(13-19)27-25(32)22-23(24(20)31)30(29-28-22)14-16-5-9-18(34-2)10-6-16/h3-13H,14H2,1-2H3,(H,27,32). The molecule has 0 aliphatic rings. The van der Waals surface area contributed by atoms with E-state index in [1.165, 1.54) is 22.9 Å². The van der Waals surface area contributed by atoms with Crippen molar-refractivity contribution >= 4 is 27.9 Å². The zero-order valence-corrected chi connectivity index (χ0v) is 18.9. The summed E-state index contributed by atoms with van der Waals surface area (Å²) in [5.41, 5.74) is 1.52. The Morgan fingerprint density at radius 3 is 2.40 bits per heavy atom. The third kappa shape index (κ3) is 4.26. The van der Waals surface area contributed by atoms with Gasteiger partial charge in [-0.3, -0.25) is 9.59 Å². The number of nitrogens with zero attached hydrogens (tertiary/aromatic N) is 3. The Balaban J connectivity index is 1.55. The van der Waals surface area contributed by atoms with E-state index in [9.17, 15) is 14.4 Å². The number of hydrogen-bond donors (Lipinski definition) is 1. The Morgan fingerprint density at radius 2 is 1.69 bits per heavy atom. The zero-order valence-electron chi connectivity index (χ0n) is 18.9. The molecule has 0 atom stereocenters. The molecule has 174 valence electrons. The first-order chi connectivity index (χ1) is 16.9. The average Bonchev–Trinajstić information content (AvgIpc) is 3.24. The zero-order chi connectivity index (χ0) is 24.5. The molecule has 0 aliphatic carbocycles. The largest absolute Gasteiger partial charge is 0.497 e. The van der Waals surface area contributed by atoms with Gasteiger partial charge in [0.15, 0.2) is 5.52 Å². The molecule has 9 nitrogen and oxygen atoms in total. The SMILES string of the molecule is COc1ccc(Cn2nnc3c(=O)[nH]c4cc(OC(=O)c5ccc(C)cc5)ccc4c(=O)c32)cc1. The summed E-state index contributed by atoms with van der Waals surface area (Å²) in [4.78, 5) is 41.4. The van der Waals surface area contributed by atoms with Gasteiger partial charge in [0.1, 0.15) is 17.0 Å². The highest BCUT2D eigenvalue weighted by atomic mass is 16.5. The van der Waals surface area contributed by atoms with Crippen LogP contribution in [0.2, 0.25) is 0 Å². The maximum atomic E-state index is 13.4. The van der Waals surface area contributed by atoms with Crippen LogP contribution in [0.5, 0.6) is 11.5 Å². The Labute approximate surface area is 198 Å². The monoisotopic (exact) mass is 468 g/mol. The topological polar surface area (TPSA) is 116 Å². The number of esters is 1. The molecule has 1 N–H and O–H groups in total. The van der Waals surface area contributed by atoms with Crippen molar-refractivity contribution in [3.8, 4) is 11.5 Å². The fraction of sp³-hybridized carbons (Fsp3) is 0.115. The highest BCUT2D eigenvalue weighted by molar-refractivity contribution is 5.92. The predicted octanol–water partition coefficient (Wildman–Crippen LogP) is 3.22. The van der Waals surface area contributed by atoms with Crippen LogP contribution in [0, 0.1) is 6.92 Å². The number of benzene rings is 3. The van der Waals surface area contributed by atoms with Crippen LogP contribution in [-0.4, -0.2) is 33.1 Å². The molecule has 9 heteroatoms. The quantitative estimate of drug-likeness (QED) is 0.311. The second kappa shape index (κ2) is 8.86. The smallest absolute Gasteiger partial charge is 0.343 e. The molecule has 3 aromatic carbocycles. The molecule has 0 saturated carbocycles. The van der Waals surface area contributed by atoms with E-state index >= 15 is 0 Å². The lowest BCUT2D eigenvalue weighted by Gasteiger charge is -2.05. The molecule has 0 aliphatic heterocycles. The first-order valence-electron chi connectivity index (χ1n) is 10.8. The van der Waals surface area contributed by atoms with Crippen molar-refractivity contribution in [3.63, 3.8) is 0 Å². The highest BCUT2D eigenvalue weighted by Gasteiger charge is 2.16. The summed E-state index contributed by atoms with van der Waals surface area (Å²) in [6, 6.07) is 18.7. The molecule has 0 unspecified atom stereocenters. The van der Waals surface area contributed by atoms with Crippen LogP contribution in [0.1, 0.15) is 21.5 Å². The summed E-state index contributed by atoms with van der Waals surface area (Å²) < 4.78 is 12.0. The van der Waals surface area contributed by atoms with Gasteiger partial charge in [0, 0.05) is 11.5 Å². The van der Waals surface area contributed by atoms with Gasteiger partial charge in [-0.1, -0.05) is 35.0 Å². The minimum atomic E-state index is -0.574. The lowest BCUT2D eigenvalue weighted by molar-refractivity contribution is 0.0735. The van der Waals surface area contributed by atoms with Crippen LogP contribution in [-0.2, 0) is 6.54 Å². The summed E-state index contributed by atoms with van der Waals surface area (Å²) in [7, 11) is 1.58. The molecule has 0 radical (unpaired) electrons.